The lowest BCUT2D eigenvalue weighted by Crippen LogP contribution is -2.49. The first-order valence-electron chi connectivity index (χ1n) is 15.8. The first-order valence-corrected chi connectivity index (χ1v) is 15.8. The summed E-state index contributed by atoms with van der Waals surface area (Å²) in [5.74, 6) is 0.494. The second-order valence-electron chi connectivity index (χ2n) is 12.7. The molecular formula is C34H45N7O5. The lowest BCUT2D eigenvalue weighted by molar-refractivity contribution is 0.0733. The molecule has 46 heavy (non-hydrogen) atoms. The number of hydrogen-bond donors (Lipinski definition) is 2. The standard InChI is InChI=1S/C34H45N7O5/c1-34(2,3)30-22-27(38(4)37-30)33(44)41-18-16-39(17-19-41)26-10-8-24(32(43)40-14-7-12-35-13-15-40)20-25(26)36-31(42)23-9-11-28(45-5)29(21-23)46-6/h8-11,20-22,35H,7,12-19H2,1-6H3,(H,36,42). The van der Waals surface area contributed by atoms with Crippen LogP contribution >= 0.6 is 0 Å². The fourth-order valence-electron chi connectivity index (χ4n) is 5.79. The summed E-state index contributed by atoms with van der Waals surface area (Å²) in [6.45, 7) is 11.3. The second kappa shape index (κ2) is 13.8. The van der Waals surface area contributed by atoms with E-state index in [1.54, 1.807) is 43.1 Å². The molecule has 3 amide bonds. The number of nitrogens with zero attached hydrogens (tertiary/aromatic N) is 5. The second-order valence-corrected chi connectivity index (χ2v) is 12.7. The molecule has 0 unspecified atom stereocenters. The van der Waals surface area contributed by atoms with E-state index >= 15 is 0 Å². The third-order valence-corrected chi connectivity index (χ3v) is 8.54. The van der Waals surface area contributed by atoms with E-state index < -0.39 is 0 Å². The molecule has 12 nitrogen and oxygen atoms in total. The highest BCUT2D eigenvalue weighted by Crippen LogP contribution is 2.32. The number of hydrogen-bond acceptors (Lipinski definition) is 8. The van der Waals surface area contributed by atoms with Gasteiger partial charge in [-0.25, -0.2) is 0 Å². The lowest BCUT2D eigenvalue weighted by atomic mass is 9.92. The SMILES string of the molecule is COc1ccc(C(=O)Nc2cc(C(=O)N3CCCNCC3)ccc2N2CCN(C(=O)c3cc(C(C)(C)C)nn3C)CC2)cc1OC. The van der Waals surface area contributed by atoms with Gasteiger partial charge in [0.2, 0.25) is 0 Å². The summed E-state index contributed by atoms with van der Waals surface area (Å²) >= 11 is 0. The third kappa shape index (κ3) is 7.12. The number of benzene rings is 2. The van der Waals surface area contributed by atoms with Crippen molar-refractivity contribution >= 4 is 29.1 Å². The highest BCUT2D eigenvalue weighted by molar-refractivity contribution is 6.07. The minimum absolute atomic E-state index is 0.0555. The molecule has 5 rings (SSSR count). The zero-order valence-corrected chi connectivity index (χ0v) is 27.7. The average molecular weight is 632 g/mol. The van der Waals surface area contributed by atoms with Gasteiger partial charge in [-0.15, -0.1) is 0 Å². The van der Waals surface area contributed by atoms with Gasteiger partial charge in [0.1, 0.15) is 5.69 Å². The van der Waals surface area contributed by atoms with E-state index in [1.165, 1.54) is 7.11 Å². The van der Waals surface area contributed by atoms with Gasteiger partial charge in [0.25, 0.3) is 17.7 Å². The lowest BCUT2D eigenvalue weighted by Gasteiger charge is -2.37. The number of piperazine rings is 1. The van der Waals surface area contributed by atoms with Crippen molar-refractivity contribution in [2.75, 3.05) is 76.8 Å². The third-order valence-electron chi connectivity index (χ3n) is 8.54. The topological polar surface area (TPSA) is 121 Å². The van der Waals surface area contributed by atoms with Gasteiger partial charge in [-0.2, -0.15) is 5.10 Å². The van der Waals surface area contributed by atoms with Gasteiger partial charge in [-0.3, -0.25) is 19.1 Å². The van der Waals surface area contributed by atoms with E-state index in [1.807, 2.05) is 28.0 Å². The van der Waals surface area contributed by atoms with Gasteiger partial charge in [0.05, 0.1) is 31.3 Å². The van der Waals surface area contributed by atoms with Gasteiger partial charge >= 0.3 is 0 Å². The maximum absolute atomic E-state index is 13.6. The molecule has 0 radical (unpaired) electrons. The van der Waals surface area contributed by atoms with E-state index in [9.17, 15) is 14.4 Å². The van der Waals surface area contributed by atoms with Crippen LogP contribution in [0, 0.1) is 0 Å². The molecule has 12 heteroatoms. The summed E-state index contributed by atoms with van der Waals surface area (Å²) in [5.41, 5.74) is 3.48. The zero-order chi connectivity index (χ0) is 33.0. The summed E-state index contributed by atoms with van der Waals surface area (Å²) in [4.78, 5) is 46.4. The molecule has 2 aromatic carbocycles. The van der Waals surface area contributed by atoms with Crippen LogP contribution in [0.2, 0.25) is 0 Å². The average Bonchev–Trinajstić information content (AvgIpc) is 3.26. The maximum Gasteiger partial charge on any atom is 0.272 e. The van der Waals surface area contributed by atoms with Crippen LogP contribution in [0.3, 0.4) is 0 Å². The molecule has 2 fully saturated rings. The number of carbonyl (C=O) groups excluding carboxylic acids is 3. The Morgan fingerprint density at radius 1 is 0.804 bits per heavy atom. The number of amides is 3. The monoisotopic (exact) mass is 631 g/mol. The summed E-state index contributed by atoms with van der Waals surface area (Å²) in [6.07, 6.45) is 0.881. The summed E-state index contributed by atoms with van der Waals surface area (Å²) in [6, 6.07) is 12.3. The van der Waals surface area contributed by atoms with Crippen molar-refractivity contribution < 1.29 is 23.9 Å². The first-order chi connectivity index (χ1) is 22.0. The van der Waals surface area contributed by atoms with Crippen LogP contribution in [-0.2, 0) is 12.5 Å². The Labute approximate surface area is 270 Å². The van der Waals surface area contributed by atoms with Crippen molar-refractivity contribution in [1.29, 1.82) is 0 Å². The van der Waals surface area contributed by atoms with Gasteiger partial charge in [0, 0.05) is 69.4 Å². The summed E-state index contributed by atoms with van der Waals surface area (Å²) in [7, 11) is 4.87. The molecule has 2 aliphatic heterocycles. The molecular weight excluding hydrogens is 586 g/mol. The molecule has 0 saturated carbocycles. The van der Waals surface area contributed by atoms with E-state index in [4.69, 9.17) is 9.47 Å². The molecule has 2 aliphatic rings. The number of carbonyl (C=O) groups is 3. The summed E-state index contributed by atoms with van der Waals surface area (Å²) in [5, 5.41) is 11.0. The van der Waals surface area contributed by atoms with Gasteiger partial charge in [-0.1, -0.05) is 20.8 Å². The van der Waals surface area contributed by atoms with Crippen molar-refractivity contribution in [3.8, 4) is 11.5 Å². The van der Waals surface area contributed by atoms with Gasteiger partial charge in [0.15, 0.2) is 11.5 Å². The number of aromatic nitrogens is 2. The van der Waals surface area contributed by atoms with Crippen LogP contribution in [0.1, 0.15) is 64.1 Å². The minimum Gasteiger partial charge on any atom is -0.493 e. The van der Waals surface area contributed by atoms with Crippen molar-refractivity contribution in [3.05, 3.63) is 65.0 Å². The number of anilines is 2. The number of rotatable bonds is 7. The Kier molecular flexibility index (Phi) is 9.85. The molecule has 2 N–H and O–H groups in total. The van der Waals surface area contributed by atoms with Crippen LogP contribution in [0.15, 0.2) is 42.5 Å². The molecule has 246 valence electrons. The zero-order valence-electron chi connectivity index (χ0n) is 27.7. The molecule has 0 spiro atoms. The van der Waals surface area contributed by atoms with E-state index in [-0.39, 0.29) is 23.1 Å². The van der Waals surface area contributed by atoms with E-state index in [0.717, 1.165) is 30.9 Å². The Morgan fingerprint density at radius 3 is 2.17 bits per heavy atom. The van der Waals surface area contributed by atoms with Crippen LogP contribution in [0.4, 0.5) is 11.4 Å². The Hall–Kier alpha value is -4.58. The molecule has 0 bridgehead atoms. The predicted octanol–water partition coefficient (Wildman–Crippen LogP) is 3.39. The fourth-order valence-corrected chi connectivity index (χ4v) is 5.79. The Morgan fingerprint density at radius 2 is 1.50 bits per heavy atom. The largest absolute Gasteiger partial charge is 0.493 e. The molecule has 1 aromatic heterocycles. The number of aryl methyl sites for hydroxylation is 1. The van der Waals surface area contributed by atoms with Crippen LogP contribution in [0.5, 0.6) is 11.5 Å². The van der Waals surface area contributed by atoms with Gasteiger partial charge < -0.3 is 34.8 Å². The van der Waals surface area contributed by atoms with E-state index in [2.05, 4.69) is 41.4 Å². The molecule has 3 aromatic rings. The minimum atomic E-state index is -0.342. The molecule has 3 heterocycles. The maximum atomic E-state index is 13.6. The van der Waals surface area contributed by atoms with Crippen LogP contribution < -0.4 is 25.0 Å². The quantitative estimate of drug-likeness (QED) is 0.407. The highest BCUT2D eigenvalue weighted by atomic mass is 16.5. The summed E-state index contributed by atoms with van der Waals surface area (Å²) < 4.78 is 12.4. The number of nitrogens with one attached hydrogen (secondary N) is 2. The van der Waals surface area contributed by atoms with Gasteiger partial charge in [-0.05, 0) is 55.4 Å². The number of ether oxygens (including phenoxy) is 2. The predicted molar refractivity (Wildman–Crippen MR) is 177 cm³/mol. The van der Waals surface area contributed by atoms with Crippen molar-refractivity contribution in [3.63, 3.8) is 0 Å². The van der Waals surface area contributed by atoms with Crippen molar-refractivity contribution in [1.82, 2.24) is 24.9 Å². The number of methoxy groups -OCH3 is 2. The normalized spacial score (nSPS) is 15.7. The van der Waals surface area contributed by atoms with Crippen molar-refractivity contribution in [2.45, 2.75) is 32.6 Å². The smallest absolute Gasteiger partial charge is 0.272 e. The Balaban J connectivity index is 1.38. The van der Waals surface area contributed by atoms with Crippen LogP contribution in [0.25, 0.3) is 0 Å². The van der Waals surface area contributed by atoms with Crippen molar-refractivity contribution in [2.24, 2.45) is 7.05 Å². The molecule has 2 saturated heterocycles. The van der Waals surface area contributed by atoms with E-state index in [0.29, 0.717) is 73.3 Å². The molecule has 0 aliphatic carbocycles. The highest BCUT2D eigenvalue weighted by Gasteiger charge is 2.29. The van der Waals surface area contributed by atoms with Crippen LogP contribution in [-0.4, -0.2) is 104 Å². The Bertz CT molecular complexity index is 1580. The fraction of sp³-hybridized carbons (Fsp3) is 0.471. The first kappa shape index (κ1) is 32.8. The molecule has 0 atom stereocenters.